The van der Waals surface area contributed by atoms with Crippen molar-refractivity contribution in [1.82, 2.24) is 15.3 Å². The first-order chi connectivity index (χ1) is 11.6. The number of rotatable bonds is 5. The van der Waals surface area contributed by atoms with Gasteiger partial charge in [-0.1, -0.05) is 12.1 Å². The van der Waals surface area contributed by atoms with Gasteiger partial charge in [-0.25, -0.2) is 14.8 Å². The maximum atomic E-state index is 12.2. The number of hydrogen-bond acceptors (Lipinski definition) is 5. The molecule has 0 bridgehead atoms. The van der Waals surface area contributed by atoms with Crippen molar-refractivity contribution in [3.8, 4) is 0 Å². The number of aromatic nitrogens is 2. The largest absolute Gasteiger partial charge is 0.478 e. The van der Waals surface area contributed by atoms with Gasteiger partial charge in [-0.2, -0.15) is 0 Å². The molecule has 1 saturated heterocycles. The summed E-state index contributed by atoms with van der Waals surface area (Å²) in [5.41, 5.74) is 1.37. The molecular weight excluding hydrogens is 308 g/mol. The number of aromatic carboxylic acids is 1. The van der Waals surface area contributed by atoms with Gasteiger partial charge in [0.15, 0.2) is 0 Å². The zero-order chi connectivity index (χ0) is 16.9. The molecule has 1 aromatic heterocycles. The van der Waals surface area contributed by atoms with Crippen LogP contribution in [0.1, 0.15) is 39.3 Å². The maximum absolute atomic E-state index is 12.2. The van der Waals surface area contributed by atoms with Crippen LogP contribution >= 0.6 is 0 Å². The summed E-state index contributed by atoms with van der Waals surface area (Å²) in [6.45, 7) is 2.14. The van der Waals surface area contributed by atoms with Crippen molar-refractivity contribution in [3.05, 3.63) is 53.3 Å². The standard InChI is InChI=1S/C17H18N4O3/c22-15(19-11-12-3-5-13(6-4-12)16(23)24)14-7-8-18-17(20-14)21-9-1-2-10-21/h3-8H,1-2,9-11H2,(H,19,22)(H,23,24). The first-order valence-electron chi connectivity index (χ1n) is 7.82. The van der Waals surface area contributed by atoms with Crippen molar-refractivity contribution in [3.63, 3.8) is 0 Å². The smallest absolute Gasteiger partial charge is 0.335 e. The lowest BCUT2D eigenvalue weighted by molar-refractivity contribution is 0.0696. The molecule has 124 valence electrons. The van der Waals surface area contributed by atoms with Crippen LogP contribution in [0.25, 0.3) is 0 Å². The molecule has 1 aromatic carbocycles. The summed E-state index contributed by atoms with van der Waals surface area (Å²) < 4.78 is 0. The predicted octanol–water partition coefficient (Wildman–Crippen LogP) is 1.70. The molecule has 1 amide bonds. The third kappa shape index (κ3) is 3.68. The minimum absolute atomic E-state index is 0.219. The number of carbonyl (C=O) groups excluding carboxylic acids is 1. The Labute approximate surface area is 139 Å². The molecule has 7 heteroatoms. The summed E-state index contributed by atoms with van der Waals surface area (Å²) in [6.07, 6.45) is 3.83. The van der Waals surface area contributed by atoms with E-state index in [0.717, 1.165) is 31.5 Å². The second-order valence-electron chi connectivity index (χ2n) is 5.62. The number of carbonyl (C=O) groups is 2. The Hall–Kier alpha value is -2.96. The summed E-state index contributed by atoms with van der Waals surface area (Å²) in [7, 11) is 0. The van der Waals surface area contributed by atoms with Crippen molar-refractivity contribution in [2.24, 2.45) is 0 Å². The molecule has 2 N–H and O–H groups in total. The van der Waals surface area contributed by atoms with Gasteiger partial charge in [-0.15, -0.1) is 0 Å². The summed E-state index contributed by atoms with van der Waals surface area (Å²) in [5.74, 6) is -0.660. The highest BCUT2D eigenvalue weighted by Crippen LogP contribution is 2.15. The lowest BCUT2D eigenvalue weighted by atomic mass is 10.1. The molecule has 3 rings (SSSR count). The molecule has 2 heterocycles. The second-order valence-corrected chi connectivity index (χ2v) is 5.62. The highest BCUT2D eigenvalue weighted by atomic mass is 16.4. The van der Waals surface area contributed by atoms with Gasteiger partial charge in [0.1, 0.15) is 5.69 Å². The fraction of sp³-hybridized carbons (Fsp3) is 0.294. The molecule has 2 aromatic rings. The van der Waals surface area contributed by atoms with Crippen molar-refractivity contribution >= 4 is 17.8 Å². The van der Waals surface area contributed by atoms with Crippen LogP contribution in [0.3, 0.4) is 0 Å². The van der Waals surface area contributed by atoms with E-state index in [1.165, 1.54) is 12.1 Å². The third-order valence-electron chi connectivity index (χ3n) is 3.92. The molecule has 0 radical (unpaired) electrons. The van der Waals surface area contributed by atoms with E-state index in [1.807, 2.05) is 0 Å². The molecule has 1 aliphatic rings. The Bertz CT molecular complexity index is 740. The zero-order valence-electron chi connectivity index (χ0n) is 13.1. The highest BCUT2D eigenvalue weighted by molar-refractivity contribution is 5.92. The van der Waals surface area contributed by atoms with Gasteiger partial charge >= 0.3 is 5.97 Å². The van der Waals surface area contributed by atoms with E-state index in [2.05, 4.69) is 20.2 Å². The van der Waals surface area contributed by atoms with E-state index in [9.17, 15) is 9.59 Å². The number of nitrogens with one attached hydrogen (secondary N) is 1. The second kappa shape index (κ2) is 7.08. The van der Waals surface area contributed by atoms with E-state index < -0.39 is 5.97 Å². The average Bonchev–Trinajstić information content (AvgIpc) is 3.15. The Balaban J connectivity index is 1.62. The number of amides is 1. The van der Waals surface area contributed by atoms with Gasteiger partial charge in [0.05, 0.1) is 5.56 Å². The normalized spacial score (nSPS) is 13.8. The Morgan fingerprint density at radius 3 is 2.50 bits per heavy atom. The van der Waals surface area contributed by atoms with Crippen molar-refractivity contribution in [1.29, 1.82) is 0 Å². The van der Waals surface area contributed by atoms with Crippen LogP contribution in [-0.4, -0.2) is 40.0 Å². The molecule has 0 aliphatic carbocycles. The maximum Gasteiger partial charge on any atom is 0.335 e. The minimum atomic E-state index is -0.971. The molecule has 0 atom stereocenters. The SMILES string of the molecule is O=C(O)c1ccc(CNC(=O)c2ccnc(N3CCCC3)n2)cc1. The molecular formula is C17H18N4O3. The van der Waals surface area contributed by atoms with Crippen LogP contribution in [-0.2, 0) is 6.54 Å². The molecule has 0 saturated carbocycles. The van der Waals surface area contributed by atoms with Crippen LogP contribution in [0.5, 0.6) is 0 Å². The molecule has 7 nitrogen and oxygen atoms in total. The molecule has 24 heavy (non-hydrogen) atoms. The highest BCUT2D eigenvalue weighted by Gasteiger charge is 2.16. The van der Waals surface area contributed by atoms with Crippen LogP contribution in [0, 0.1) is 0 Å². The monoisotopic (exact) mass is 326 g/mol. The summed E-state index contributed by atoms with van der Waals surface area (Å²) >= 11 is 0. The Morgan fingerprint density at radius 1 is 1.12 bits per heavy atom. The van der Waals surface area contributed by atoms with Crippen molar-refractivity contribution in [2.75, 3.05) is 18.0 Å². The lowest BCUT2D eigenvalue weighted by Crippen LogP contribution is -2.26. The summed E-state index contributed by atoms with van der Waals surface area (Å²) in [5, 5.41) is 11.7. The zero-order valence-corrected chi connectivity index (χ0v) is 13.1. The first kappa shape index (κ1) is 15.9. The van der Waals surface area contributed by atoms with Gasteiger partial charge in [-0.3, -0.25) is 4.79 Å². The molecule has 0 spiro atoms. The van der Waals surface area contributed by atoms with E-state index in [0.29, 0.717) is 18.2 Å². The van der Waals surface area contributed by atoms with Crippen LogP contribution in [0.15, 0.2) is 36.5 Å². The average molecular weight is 326 g/mol. The first-order valence-corrected chi connectivity index (χ1v) is 7.82. The van der Waals surface area contributed by atoms with E-state index in [-0.39, 0.29) is 11.5 Å². The number of carboxylic acid groups (broad SMARTS) is 1. The Morgan fingerprint density at radius 2 is 1.83 bits per heavy atom. The minimum Gasteiger partial charge on any atom is -0.478 e. The van der Waals surface area contributed by atoms with Gasteiger partial charge in [0.2, 0.25) is 5.95 Å². The number of carboxylic acids is 1. The van der Waals surface area contributed by atoms with Crippen LogP contribution < -0.4 is 10.2 Å². The fourth-order valence-corrected chi connectivity index (χ4v) is 2.58. The molecule has 1 aliphatic heterocycles. The summed E-state index contributed by atoms with van der Waals surface area (Å²) in [4.78, 5) is 33.7. The number of nitrogens with zero attached hydrogens (tertiary/aromatic N) is 3. The van der Waals surface area contributed by atoms with Gasteiger partial charge in [0.25, 0.3) is 5.91 Å². The molecule has 1 fully saturated rings. The van der Waals surface area contributed by atoms with Gasteiger partial charge in [-0.05, 0) is 36.6 Å². The fourth-order valence-electron chi connectivity index (χ4n) is 2.58. The van der Waals surface area contributed by atoms with E-state index in [1.54, 1.807) is 24.4 Å². The predicted molar refractivity (Wildman–Crippen MR) is 88.1 cm³/mol. The van der Waals surface area contributed by atoms with Gasteiger partial charge < -0.3 is 15.3 Å². The quantitative estimate of drug-likeness (QED) is 0.868. The Kier molecular flexibility index (Phi) is 4.69. The van der Waals surface area contributed by atoms with Crippen LogP contribution in [0.2, 0.25) is 0 Å². The third-order valence-corrected chi connectivity index (χ3v) is 3.92. The number of benzene rings is 1. The number of anilines is 1. The topological polar surface area (TPSA) is 95.4 Å². The van der Waals surface area contributed by atoms with Crippen molar-refractivity contribution < 1.29 is 14.7 Å². The van der Waals surface area contributed by atoms with Gasteiger partial charge in [0, 0.05) is 25.8 Å². The van der Waals surface area contributed by atoms with E-state index >= 15 is 0 Å². The number of hydrogen-bond donors (Lipinski definition) is 2. The van der Waals surface area contributed by atoms with E-state index in [4.69, 9.17) is 5.11 Å². The molecule has 0 unspecified atom stereocenters. The summed E-state index contributed by atoms with van der Waals surface area (Å²) in [6, 6.07) is 7.97. The lowest BCUT2D eigenvalue weighted by Gasteiger charge is -2.15. The van der Waals surface area contributed by atoms with Crippen LogP contribution in [0.4, 0.5) is 5.95 Å². The van der Waals surface area contributed by atoms with Crippen molar-refractivity contribution in [2.45, 2.75) is 19.4 Å².